The molecule has 1 unspecified atom stereocenters. The first-order valence-electron chi connectivity index (χ1n) is 15.6. The van der Waals surface area contributed by atoms with E-state index in [9.17, 15) is 5.11 Å². The highest BCUT2D eigenvalue weighted by atomic mass is 31.2. The summed E-state index contributed by atoms with van der Waals surface area (Å²) in [6, 6.07) is 0. The van der Waals surface area contributed by atoms with Crippen LogP contribution in [0, 0.1) is 0 Å². The summed E-state index contributed by atoms with van der Waals surface area (Å²) in [4.78, 5) is 6.42. The minimum absolute atomic E-state index is 0.639. The van der Waals surface area contributed by atoms with Crippen molar-refractivity contribution in [3.63, 3.8) is 0 Å². The van der Waals surface area contributed by atoms with Crippen LogP contribution in [0.25, 0.3) is 0 Å². The van der Waals surface area contributed by atoms with Gasteiger partial charge in [0, 0.05) is 0 Å². The monoisotopic (exact) mass is 578 g/mol. The largest absolute Gasteiger partial charge is 0.372 e. The second-order valence-corrected chi connectivity index (χ2v) is 13.6. The smallest absolute Gasteiger partial charge is 0.338 e. The second-order valence-electron chi connectivity index (χ2n) is 11.6. The Morgan fingerprint density at radius 1 is 0.500 bits per heavy atom. The topological polar surface area (TPSA) is 84.8 Å². The van der Waals surface area contributed by atoms with Crippen LogP contribution in [0.15, 0.2) is 0 Å². The molecular weight excluding hydrogens is 526 g/mol. The Morgan fingerprint density at radius 2 is 0.947 bits per heavy atom. The molecule has 0 aromatic heterocycles. The molecule has 6 aliphatic rings. The summed E-state index contributed by atoms with van der Waals surface area (Å²) >= 11 is 0. The van der Waals surface area contributed by atoms with Crippen molar-refractivity contribution in [2.45, 2.75) is 179 Å². The Labute approximate surface area is 233 Å². The highest BCUT2D eigenvalue weighted by Gasteiger charge is 2.91. The van der Waals surface area contributed by atoms with Crippen LogP contribution >= 0.6 is 17.2 Å². The van der Waals surface area contributed by atoms with E-state index in [4.69, 9.17) is 32.2 Å². The van der Waals surface area contributed by atoms with E-state index in [1.54, 1.807) is 0 Å². The molecule has 0 amide bonds. The van der Waals surface area contributed by atoms with Crippen molar-refractivity contribution >= 4 is 17.2 Å². The molecule has 0 aromatic carbocycles. The van der Waals surface area contributed by atoms with Gasteiger partial charge in [0.25, 0.3) is 5.79 Å². The standard InChI is InChI=1S/C28H52O8P2/c1-4-7-10-13-16-19-22-25(23-20-17-14-11-8-5-2)26(24-21-18-15-12-9-6-3)27(32-37(31-26)33-27)28(29)34-38(35-28)36-30-25/h29H,4-24H2,1-3H3. The summed E-state index contributed by atoms with van der Waals surface area (Å²) in [7, 11) is -3.39. The molecule has 0 saturated carbocycles. The molecule has 0 aliphatic carbocycles. The molecule has 38 heavy (non-hydrogen) atoms. The molecule has 6 saturated heterocycles. The average molecular weight is 579 g/mol. The summed E-state index contributed by atoms with van der Waals surface area (Å²) in [5, 5.41) is 11.4. The maximum absolute atomic E-state index is 11.4. The third-order valence-electron chi connectivity index (χ3n) is 8.73. The molecule has 1 atom stereocenters. The van der Waals surface area contributed by atoms with Gasteiger partial charge in [-0.15, -0.1) is 0 Å². The molecule has 6 heterocycles. The van der Waals surface area contributed by atoms with Crippen LogP contribution in [0.5, 0.6) is 0 Å². The van der Waals surface area contributed by atoms with Gasteiger partial charge in [-0.25, -0.2) is 13.9 Å². The van der Waals surface area contributed by atoms with Crippen molar-refractivity contribution in [2.24, 2.45) is 0 Å². The summed E-state index contributed by atoms with van der Waals surface area (Å²) < 4.78 is 36.1. The van der Waals surface area contributed by atoms with Crippen molar-refractivity contribution in [1.29, 1.82) is 0 Å². The summed E-state index contributed by atoms with van der Waals surface area (Å²) in [6.45, 7) is 6.72. The fraction of sp³-hybridized carbons (Fsp3) is 1.00. The van der Waals surface area contributed by atoms with Gasteiger partial charge >= 0.3 is 23.2 Å². The summed E-state index contributed by atoms with van der Waals surface area (Å²) in [6.07, 6.45) is 23.2. The number of hydrogen-bond donors (Lipinski definition) is 1. The molecule has 6 fully saturated rings. The Hall–Kier alpha value is 0.540. The van der Waals surface area contributed by atoms with Gasteiger partial charge in [-0.3, -0.25) is 13.6 Å². The number of aliphatic hydroxyl groups is 1. The maximum atomic E-state index is 11.4. The lowest BCUT2D eigenvalue weighted by atomic mass is 9.67. The van der Waals surface area contributed by atoms with Crippen molar-refractivity contribution in [1.82, 2.24) is 0 Å². The van der Waals surface area contributed by atoms with Gasteiger partial charge in [-0.2, -0.15) is 4.67 Å². The maximum Gasteiger partial charge on any atom is 0.372 e. The predicted octanol–water partition coefficient (Wildman–Crippen LogP) is 9.60. The molecular formula is C28H52O8P2. The third kappa shape index (κ3) is 6.31. The zero-order chi connectivity index (χ0) is 27.0. The van der Waals surface area contributed by atoms with E-state index in [1.807, 2.05) is 0 Å². The zero-order valence-corrected chi connectivity index (χ0v) is 25.8. The van der Waals surface area contributed by atoms with Gasteiger partial charge in [0.15, 0.2) is 5.60 Å². The molecule has 0 radical (unpaired) electrons. The van der Waals surface area contributed by atoms with Crippen LogP contribution in [0.2, 0.25) is 0 Å². The summed E-state index contributed by atoms with van der Waals surface area (Å²) in [5.41, 5.74) is -1.86. The van der Waals surface area contributed by atoms with Crippen LogP contribution in [-0.4, -0.2) is 28.1 Å². The van der Waals surface area contributed by atoms with Crippen LogP contribution in [0.4, 0.5) is 0 Å². The van der Waals surface area contributed by atoms with Crippen LogP contribution in [0.3, 0.4) is 0 Å². The molecule has 1 spiro atoms. The van der Waals surface area contributed by atoms with Gasteiger partial charge in [0.2, 0.25) is 0 Å². The highest BCUT2D eigenvalue weighted by molar-refractivity contribution is 7.44. The van der Waals surface area contributed by atoms with Crippen LogP contribution in [-0.2, 0) is 32.2 Å². The Balaban J connectivity index is 1.54. The molecule has 1 N–H and O–H groups in total. The van der Waals surface area contributed by atoms with Crippen molar-refractivity contribution in [2.75, 3.05) is 0 Å². The minimum Gasteiger partial charge on any atom is -0.338 e. The van der Waals surface area contributed by atoms with E-state index in [2.05, 4.69) is 20.8 Å². The van der Waals surface area contributed by atoms with Crippen molar-refractivity contribution in [3.8, 4) is 0 Å². The van der Waals surface area contributed by atoms with Gasteiger partial charge in [-0.1, -0.05) is 136 Å². The van der Waals surface area contributed by atoms with E-state index in [0.29, 0.717) is 6.42 Å². The summed E-state index contributed by atoms with van der Waals surface area (Å²) in [5.74, 6) is -3.57. The predicted molar refractivity (Wildman–Crippen MR) is 149 cm³/mol. The van der Waals surface area contributed by atoms with E-state index >= 15 is 0 Å². The lowest BCUT2D eigenvalue weighted by molar-refractivity contribution is -0.517. The van der Waals surface area contributed by atoms with E-state index in [1.165, 1.54) is 77.0 Å². The lowest BCUT2D eigenvalue weighted by Gasteiger charge is -2.60. The minimum atomic E-state index is -2.03. The number of unbranched alkanes of at least 4 members (excludes halogenated alkanes) is 15. The fourth-order valence-electron chi connectivity index (χ4n) is 6.46. The molecule has 8 nitrogen and oxygen atoms in total. The Bertz CT molecular complexity index is 684. The van der Waals surface area contributed by atoms with Crippen molar-refractivity contribution < 1.29 is 37.3 Å². The first kappa shape index (κ1) is 31.5. The van der Waals surface area contributed by atoms with Crippen LogP contribution in [0.1, 0.15) is 156 Å². The molecule has 6 aliphatic heterocycles. The molecule has 4 bridgehead atoms. The Morgan fingerprint density at radius 3 is 1.45 bits per heavy atom. The van der Waals surface area contributed by atoms with Crippen molar-refractivity contribution in [3.05, 3.63) is 0 Å². The first-order valence-corrected chi connectivity index (χ1v) is 17.8. The molecule has 0 aromatic rings. The Kier molecular flexibility index (Phi) is 12.1. The van der Waals surface area contributed by atoms with E-state index < -0.39 is 40.2 Å². The van der Waals surface area contributed by atoms with E-state index in [-0.39, 0.29) is 0 Å². The highest BCUT2D eigenvalue weighted by Crippen LogP contribution is 2.83. The quantitative estimate of drug-likeness (QED) is 0.0819. The average Bonchev–Trinajstić information content (AvgIpc) is 3.38. The van der Waals surface area contributed by atoms with Crippen LogP contribution < -0.4 is 0 Å². The lowest BCUT2D eigenvalue weighted by Crippen LogP contribution is -2.79. The van der Waals surface area contributed by atoms with Gasteiger partial charge in [0.05, 0.1) is 0 Å². The third-order valence-corrected chi connectivity index (χ3v) is 11.0. The molecule has 10 heteroatoms. The SMILES string of the molecule is CCCCCCCCC1(CCCCCCCC)OOP2OC(O)(O2)C23OP(OC12CCCCCCCC)O3. The molecule has 6 rings (SSSR count). The number of hydrogen-bond acceptors (Lipinski definition) is 8. The second kappa shape index (κ2) is 14.6. The van der Waals surface area contributed by atoms with E-state index in [0.717, 1.165) is 51.4 Å². The normalized spacial score (nSPS) is 34.7. The van der Waals surface area contributed by atoms with Gasteiger partial charge in [0.1, 0.15) is 5.60 Å². The first-order chi connectivity index (χ1) is 18.5. The fourth-order valence-corrected chi connectivity index (χ4v) is 9.05. The van der Waals surface area contributed by atoms with Gasteiger partial charge < -0.3 is 5.11 Å². The number of rotatable bonds is 21. The molecule has 222 valence electrons. The number of fused-ring (bicyclic) bond motifs is 2. The van der Waals surface area contributed by atoms with Gasteiger partial charge in [-0.05, 0) is 19.3 Å². The zero-order valence-electron chi connectivity index (χ0n) is 24.0.